The summed E-state index contributed by atoms with van der Waals surface area (Å²) in [7, 11) is -3.43. The number of aryl methyl sites for hydroxylation is 2. The first-order valence-electron chi connectivity index (χ1n) is 5.72. The molecule has 0 fully saturated rings. The van der Waals surface area contributed by atoms with Crippen molar-refractivity contribution in [2.75, 3.05) is 6.54 Å². The van der Waals surface area contributed by atoms with Gasteiger partial charge in [-0.25, -0.2) is 18.1 Å². The standard InChI is InChI=1S/C11H14ClN3O2S2/c1-9-13-6-8-15(9)7-2-5-14-19(16,17)11-4-3-10(12)18-11/h3-4,6,8,14H,2,5,7H2,1H3. The Bertz CT molecular complexity index is 648. The number of hydrogen-bond acceptors (Lipinski definition) is 4. The third-order valence-electron chi connectivity index (χ3n) is 2.60. The quantitative estimate of drug-likeness (QED) is 0.831. The monoisotopic (exact) mass is 319 g/mol. The van der Waals surface area contributed by atoms with E-state index in [1.807, 2.05) is 17.7 Å². The summed E-state index contributed by atoms with van der Waals surface area (Å²) >= 11 is 6.78. The molecule has 0 radical (unpaired) electrons. The molecule has 5 nitrogen and oxygen atoms in total. The second kappa shape index (κ2) is 6.04. The van der Waals surface area contributed by atoms with Crippen LogP contribution in [0.5, 0.6) is 0 Å². The molecule has 104 valence electrons. The molecule has 8 heteroatoms. The number of imidazole rings is 1. The normalized spacial score (nSPS) is 11.9. The van der Waals surface area contributed by atoms with Gasteiger partial charge in [0.05, 0.1) is 4.34 Å². The summed E-state index contributed by atoms with van der Waals surface area (Å²) in [5.74, 6) is 0.924. The van der Waals surface area contributed by atoms with Crippen molar-refractivity contribution in [3.8, 4) is 0 Å². The highest BCUT2D eigenvalue weighted by Crippen LogP contribution is 2.25. The smallest absolute Gasteiger partial charge is 0.250 e. The third kappa shape index (κ3) is 3.79. The number of nitrogens with one attached hydrogen (secondary N) is 1. The number of thiophene rings is 1. The van der Waals surface area contributed by atoms with Gasteiger partial charge in [0, 0.05) is 25.5 Å². The average molecular weight is 320 g/mol. The number of nitrogens with zero attached hydrogens (tertiary/aromatic N) is 2. The number of hydrogen-bond donors (Lipinski definition) is 1. The zero-order chi connectivity index (χ0) is 13.9. The van der Waals surface area contributed by atoms with Crippen LogP contribution in [-0.4, -0.2) is 24.5 Å². The minimum Gasteiger partial charge on any atom is -0.335 e. The van der Waals surface area contributed by atoms with Crippen molar-refractivity contribution in [1.82, 2.24) is 14.3 Å². The Labute approximate surface area is 121 Å². The van der Waals surface area contributed by atoms with E-state index in [2.05, 4.69) is 9.71 Å². The summed E-state index contributed by atoms with van der Waals surface area (Å²) in [6.45, 7) is 3.03. The van der Waals surface area contributed by atoms with Gasteiger partial charge in [-0.15, -0.1) is 11.3 Å². The Balaban J connectivity index is 1.84. The Morgan fingerprint density at radius 2 is 2.26 bits per heavy atom. The van der Waals surface area contributed by atoms with Crippen LogP contribution in [0.1, 0.15) is 12.2 Å². The molecular weight excluding hydrogens is 306 g/mol. The van der Waals surface area contributed by atoms with Gasteiger partial charge in [-0.3, -0.25) is 0 Å². The van der Waals surface area contributed by atoms with E-state index >= 15 is 0 Å². The minimum absolute atomic E-state index is 0.247. The van der Waals surface area contributed by atoms with Crippen LogP contribution < -0.4 is 4.72 Å². The summed E-state index contributed by atoms with van der Waals surface area (Å²) in [5, 5.41) is 0. The van der Waals surface area contributed by atoms with Crippen LogP contribution in [0.2, 0.25) is 4.34 Å². The Hall–Kier alpha value is -0.890. The largest absolute Gasteiger partial charge is 0.335 e. The van der Waals surface area contributed by atoms with Crippen molar-refractivity contribution in [3.05, 3.63) is 34.7 Å². The third-order valence-corrected chi connectivity index (χ3v) is 5.79. The number of rotatable bonds is 6. The average Bonchev–Trinajstić information content (AvgIpc) is 2.94. The van der Waals surface area contributed by atoms with E-state index in [1.165, 1.54) is 6.07 Å². The van der Waals surface area contributed by atoms with Gasteiger partial charge in [0.1, 0.15) is 10.0 Å². The van der Waals surface area contributed by atoms with Gasteiger partial charge in [0.25, 0.3) is 0 Å². The number of halogens is 1. The molecule has 0 aliphatic carbocycles. The molecule has 0 bridgehead atoms. The van der Waals surface area contributed by atoms with E-state index in [0.717, 1.165) is 23.7 Å². The molecule has 1 N–H and O–H groups in total. The van der Waals surface area contributed by atoms with Gasteiger partial charge >= 0.3 is 0 Å². The van der Waals surface area contributed by atoms with E-state index in [-0.39, 0.29) is 4.21 Å². The van der Waals surface area contributed by atoms with Gasteiger partial charge in [-0.05, 0) is 25.5 Å². The molecule has 0 unspecified atom stereocenters. The molecule has 0 saturated carbocycles. The van der Waals surface area contributed by atoms with E-state index < -0.39 is 10.0 Å². The van der Waals surface area contributed by atoms with Crippen LogP contribution in [-0.2, 0) is 16.6 Å². The lowest BCUT2D eigenvalue weighted by Gasteiger charge is -2.06. The van der Waals surface area contributed by atoms with Crippen LogP contribution in [0.25, 0.3) is 0 Å². The van der Waals surface area contributed by atoms with E-state index in [9.17, 15) is 8.42 Å². The van der Waals surface area contributed by atoms with Gasteiger partial charge in [-0.1, -0.05) is 11.6 Å². The Morgan fingerprint density at radius 3 is 2.84 bits per heavy atom. The summed E-state index contributed by atoms with van der Waals surface area (Å²) in [5.41, 5.74) is 0. The fourth-order valence-corrected chi connectivity index (χ4v) is 4.21. The van der Waals surface area contributed by atoms with Crippen molar-refractivity contribution in [1.29, 1.82) is 0 Å². The molecule has 2 heterocycles. The van der Waals surface area contributed by atoms with Gasteiger partial charge in [-0.2, -0.15) is 0 Å². The molecule has 0 aromatic carbocycles. The second-order valence-electron chi connectivity index (χ2n) is 3.98. The second-order valence-corrected chi connectivity index (χ2v) is 7.69. The molecule has 0 amide bonds. The van der Waals surface area contributed by atoms with Crippen molar-refractivity contribution in [3.63, 3.8) is 0 Å². The summed E-state index contributed by atoms with van der Waals surface area (Å²) in [6.07, 6.45) is 4.31. The molecule has 0 aliphatic rings. The highest BCUT2D eigenvalue weighted by atomic mass is 35.5. The lowest BCUT2D eigenvalue weighted by Crippen LogP contribution is -2.24. The Morgan fingerprint density at radius 1 is 1.47 bits per heavy atom. The SMILES string of the molecule is Cc1nccn1CCCNS(=O)(=O)c1ccc(Cl)s1. The zero-order valence-electron chi connectivity index (χ0n) is 10.3. The fourth-order valence-electron chi connectivity index (χ4n) is 1.61. The maximum atomic E-state index is 11.9. The number of sulfonamides is 1. The van der Waals surface area contributed by atoms with Gasteiger partial charge < -0.3 is 4.57 Å². The number of aromatic nitrogens is 2. The first-order chi connectivity index (χ1) is 8.99. The van der Waals surface area contributed by atoms with Gasteiger partial charge in [0.15, 0.2) is 0 Å². The van der Waals surface area contributed by atoms with Crippen molar-refractivity contribution < 1.29 is 8.42 Å². The van der Waals surface area contributed by atoms with Crippen LogP contribution in [0.15, 0.2) is 28.7 Å². The van der Waals surface area contributed by atoms with Crippen molar-refractivity contribution in [2.45, 2.75) is 24.1 Å². The molecule has 0 spiro atoms. The molecule has 19 heavy (non-hydrogen) atoms. The maximum absolute atomic E-state index is 11.9. The lowest BCUT2D eigenvalue weighted by molar-refractivity contribution is 0.569. The van der Waals surface area contributed by atoms with Gasteiger partial charge in [0.2, 0.25) is 10.0 Å². The fraction of sp³-hybridized carbons (Fsp3) is 0.364. The first-order valence-corrected chi connectivity index (χ1v) is 8.39. The van der Waals surface area contributed by atoms with Crippen LogP contribution in [0.4, 0.5) is 0 Å². The van der Waals surface area contributed by atoms with Crippen LogP contribution >= 0.6 is 22.9 Å². The molecule has 2 aromatic heterocycles. The minimum atomic E-state index is -3.43. The van der Waals surface area contributed by atoms with Crippen molar-refractivity contribution in [2.24, 2.45) is 0 Å². The predicted octanol–water partition coefficient (Wildman–Crippen LogP) is 2.28. The highest BCUT2D eigenvalue weighted by molar-refractivity contribution is 7.91. The summed E-state index contributed by atoms with van der Waals surface area (Å²) < 4.78 is 29.0. The maximum Gasteiger partial charge on any atom is 0.250 e. The van der Waals surface area contributed by atoms with E-state index in [1.54, 1.807) is 12.3 Å². The first kappa shape index (κ1) is 14.5. The van der Waals surface area contributed by atoms with E-state index in [4.69, 9.17) is 11.6 Å². The molecule has 0 atom stereocenters. The highest BCUT2D eigenvalue weighted by Gasteiger charge is 2.15. The summed E-state index contributed by atoms with van der Waals surface area (Å²) in [4.78, 5) is 4.11. The van der Waals surface area contributed by atoms with Crippen LogP contribution in [0, 0.1) is 6.92 Å². The lowest BCUT2D eigenvalue weighted by atomic mass is 10.4. The predicted molar refractivity (Wildman–Crippen MR) is 76.1 cm³/mol. The molecule has 0 saturated heterocycles. The molecule has 2 rings (SSSR count). The zero-order valence-corrected chi connectivity index (χ0v) is 12.7. The molecule has 0 aliphatic heterocycles. The topological polar surface area (TPSA) is 64.0 Å². The van der Waals surface area contributed by atoms with Crippen LogP contribution in [0.3, 0.4) is 0 Å². The van der Waals surface area contributed by atoms with Crippen molar-refractivity contribution >= 4 is 33.0 Å². The van der Waals surface area contributed by atoms with E-state index in [0.29, 0.717) is 17.3 Å². The summed E-state index contributed by atoms with van der Waals surface area (Å²) in [6, 6.07) is 3.09. The Kier molecular flexibility index (Phi) is 4.62. The molecule has 2 aromatic rings. The molecular formula is C11H14ClN3O2S2.